The van der Waals surface area contributed by atoms with Gasteiger partial charge < -0.3 is 9.47 Å². The summed E-state index contributed by atoms with van der Waals surface area (Å²) in [6, 6.07) is 9.77. The third-order valence-corrected chi connectivity index (χ3v) is 3.75. The normalized spacial score (nSPS) is 11.0. The van der Waals surface area contributed by atoms with Crippen LogP contribution in [-0.4, -0.2) is 19.9 Å². The van der Waals surface area contributed by atoms with E-state index in [1.165, 1.54) is 11.1 Å². The molecule has 0 N–H and O–H groups in total. The van der Waals surface area contributed by atoms with E-state index in [9.17, 15) is 0 Å². The zero-order valence-corrected chi connectivity index (χ0v) is 14.1. The zero-order valence-electron chi connectivity index (χ0n) is 13.3. The van der Waals surface area contributed by atoms with Gasteiger partial charge in [0.05, 0.1) is 24.4 Å². The average molecular weight is 318 g/mol. The van der Waals surface area contributed by atoms with E-state index in [1.807, 2.05) is 31.2 Å². The maximum atomic E-state index is 6.24. The summed E-state index contributed by atoms with van der Waals surface area (Å²) in [6.45, 7) is 6.61. The van der Waals surface area contributed by atoms with Crippen LogP contribution in [-0.2, 0) is 0 Å². The van der Waals surface area contributed by atoms with E-state index in [0.717, 1.165) is 11.3 Å². The molecule has 4 heteroatoms. The summed E-state index contributed by atoms with van der Waals surface area (Å²) in [5, 5.41) is 0.510. The van der Waals surface area contributed by atoms with E-state index in [4.69, 9.17) is 21.1 Å². The number of rotatable bonds is 5. The molecule has 0 spiro atoms. The van der Waals surface area contributed by atoms with E-state index in [-0.39, 0.29) is 0 Å². The van der Waals surface area contributed by atoms with Gasteiger partial charge in [-0.15, -0.1) is 0 Å². The lowest BCUT2D eigenvalue weighted by Crippen LogP contribution is -1.97. The Labute approximate surface area is 136 Å². The highest BCUT2D eigenvalue weighted by molar-refractivity contribution is 6.32. The molecule has 0 aliphatic carbocycles. The summed E-state index contributed by atoms with van der Waals surface area (Å²) in [6.07, 6.45) is 1.79. The molecule has 0 radical (unpaired) electrons. The molecule has 0 aliphatic rings. The quantitative estimate of drug-likeness (QED) is 0.717. The lowest BCUT2D eigenvalue weighted by molar-refractivity contribution is 0.311. The van der Waals surface area contributed by atoms with Crippen LogP contribution in [0.15, 0.2) is 35.3 Å². The van der Waals surface area contributed by atoms with E-state index < -0.39 is 0 Å². The van der Waals surface area contributed by atoms with Gasteiger partial charge in [-0.3, -0.25) is 4.99 Å². The fourth-order valence-corrected chi connectivity index (χ4v) is 2.44. The topological polar surface area (TPSA) is 30.8 Å². The lowest BCUT2D eigenvalue weighted by Gasteiger charge is -2.11. The standard InChI is InChI=1S/C18H20ClNO2/c1-5-22-17-10-14(9-15(19)18(17)21-4)11-20-16-8-6-7-12(2)13(16)3/h6-11H,5H2,1-4H3. The minimum Gasteiger partial charge on any atom is -0.491 e. The molecule has 0 saturated carbocycles. The van der Waals surface area contributed by atoms with Crippen molar-refractivity contribution in [3.05, 3.63) is 52.0 Å². The number of halogens is 1. The van der Waals surface area contributed by atoms with Gasteiger partial charge in [0.1, 0.15) is 0 Å². The molecule has 2 aromatic carbocycles. The van der Waals surface area contributed by atoms with Crippen LogP contribution < -0.4 is 9.47 Å². The summed E-state index contributed by atoms with van der Waals surface area (Å²) in [5.41, 5.74) is 4.21. The van der Waals surface area contributed by atoms with Crippen molar-refractivity contribution in [2.75, 3.05) is 13.7 Å². The van der Waals surface area contributed by atoms with Crippen LogP contribution in [0.4, 0.5) is 5.69 Å². The molecule has 0 fully saturated rings. The van der Waals surface area contributed by atoms with Crippen LogP contribution in [0.1, 0.15) is 23.6 Å². The van der Waals surface area contributed by atoms with E-state index >= 15 is 0 Å². The van der Waals surface area contributed by atoms with E-state index in [0.29, 0.717) is 23.1 Å². The van der Waals surface area contributed by atoms with Crippen molar-refractivity contribution >= 4 is 23.5 Å². The summed E-state index contributed by atoms with van der Waals surface area (Å²) in [4.78, 5) is 4.55. The third-order valence-electron chi connectivity index (χ3n) is 3.46. The monoisotopic (exact) mass is 317 g/mol. The molecule has 3 nitrogen and oxygen atoms in total. The van der Waals surface area contributed by atoms with E-state index in [2.05, 4.69) is 24.9 Å². The summed E-state index contributed by atoms with van der Waals surface area (Å²) >= 11 is 6.24. The Morgan fingerprint density at radius 2 is 2.00 bits per heavy atom. The van der Waals surface area contributed by atoms with Crippen molar-refractivity contribution in [2.24, 2.45) is 4.99 Å². The second-order valence-corrected chi connectivity index (χ2v) is 5.35. The maximum absolute atomic E-state index is 6.24. The Morgan fingerprint density at radius 3 is 2.68 bits per heavy atom. The average Bonchev–Trinajstić information content (AvgIpc) is 2.49. The number of hydrogen-bond acceptors (Lipinski definition) is 3. The molecule has 0 heterocycles. The van der Waals surface area contributed by atoms with Crippen LogP contribution in [0.2, 0.25) is 5.02 Å². The first kappa shape index (κ1) is 16.4. The van der Waals surface area contributed by atoms with Crippen LogP contribution in [0.25, 0.3) is 0 Å². The number of methoxy groups -OCH3 is 1. The highest BCUT2D eigenvalue weighted by atomic mass is 35.5. The fourth-order valence-electron chi connectivity index (χ4n) is 2.14. The van der Waals surface area contributed by atoms with Crippen molar-refractivity contribution in [3.8, 4) is 11.5 Å². The molecule has 0 amide bonds. The molecule has 0 saturated heterocycles. The predicted octanol–water partition coefficient (Wildman–Crippen LogP) is 5.11. The second-order valence-electron chi connectivity index (χ2n) is 4.94. The first-order chi connectivity index (χ1) is 10.6. The van der Waals surface area contributed by atoms with Crippen LogP contribution in [0.5, 0.6) is 11.5 Å². The SMILES string of the molecule is CCOc1cc(C=Nc2cccc(C)c2C)cc(Cl)c1OC. The number of benzene rings is 2. The number of aryl methyl sites for hydroxylation is 1. The lowest BCUT2D eigenvalue weighted by atomic mass is 10.1. The molecule has 116 valence electrons. The molecule has 0 bridgehead atoms. The first-order valence-electron chi connectivity index (χ1n) is 7.17. The van der Waals surface area contributed by atoms with Gasteiger partial charge in [0.25, 0.3) is 0 Å². The molecule has 0 aromatic heterocycles. The van der Waals surface area contributed by atoms with Gasteiger partial charge in [0.15, 0.2) is 11.5 Å². The number of hydrogen-bond donors (Lipinski definition) is 0. The molecular formula is C18H20ClNO2. The van der Waals surface area contributed by atoms with Gasteiger partial charge in [-0.05, 0) is 55.7 Å². The van der Waals surface area contributed by atoms with Crippen molar-refractivity contribution in [2.45, 2.75) is 20.8 Å². The van der Waals surface area contributed by atoms with Crippen molar-refractivity contribution < 1.29 is 9.47 Å². The molecular weight excluding hydrogens is 298 g/mol. The molecule has 0 atom stereocenters. The fraction of sp³-hybridized carbons (Fsp3) is 0.278. The highest BCUT2D eigenvalue weighted by Crippen LogP contribution is 2.36. The van der Waals surface area contributed by atoms with Crippen molar-refractivity contribution in [3.63, 3.8) is 0 Å². The smallest absolute Gasteiger partial charge is 0.179 e. The van der Waals surface area contributed by atoms with Gasteiger partial charge in [-0.25, -0.2) is 0 Å². The summed E-state index contributed by atoms with van der Waals surface area (Å²) in [7, 11) is 1.58. The molecule has 0 aliphatic heterocycles. The number of ether oxygens (including phenoxy) is 2. The Kier molecular flexibility index (Phi) is 5.45. The molecule has 0 unspecified atom stereocenters. The van der Waals surface area contributed by atoms with Gasteiger partial charge in [0.2, 0.25) is 0 Å². The highest BCUT2D eigenvalue weighted by Gasteiger charge is 2.10. The number of nitrogens with zero attached hydrogens (tertiary/aromatic N) is 1. The molecule has 22 heavy (non-hydrogen) atoms. The first-order valence-corrected chi connectivity index (χ1v) is 7.55. The Morgan fingerprint density at radius 1 is 1.23 bits per heavy atom. The Balaban J connectivity index is 2.37. The molecule has 2 rings (SSSR count). The van der Waals surface area contributed by atoms with E-state index in [1.54, 1.807) is 13.3 Å². The zero-order chi connectivity index (χ0) is 16.1. The van der Waals surface area contributed by atoms with Crippen LogP contribution in [0.3, 0.4) is 0 Å². The predicted molar refractivity (Wildman–Crippen MR) is 92.3 cm³/mol. The van der Waals surface area contributed by atoms with Gasteiger partial charge >= 0.3 is 0 Å². The Bertz CT molecular complexity index is 696. The van der Waals surface area contributed by atoms with Crippen molar-refractivity contribution in [1.29, 1.82) is 0 Å². The maximum Gasteiger partial charge on any atom is 0.179 e. The van der Waals surface area contributed by atoms with Gasteiger partial charge in [-0.2, -0.15) is 0 Å². The van der Waals surface area contributed by atoms with Crippen LogP contribution >= 0.6 is 11.6 Å². The second kappa shape index (κ2) is 7.32. The summed E-state index contributed by atoms with van der Waals surface area (Å²) in [5.74, 6) is 1.17. The largest absolute Gasteiger partial charge is 0.491 e. The minimum atomic E-state index is 0.510. The Hall–Kier alpha value is -2.00. The third kappa shape index (κ3) is 3.60. The molecule has 2 aromatic rings. The van der Waals surface area contributed by atoms with Crippen LogP contribution in [0, 0.1) is 13.8 Å². The van der Waals surface area contributed by atoms with Gasteiger partial charge in [-0.1, -0.05) is 23.7 Å². The number of aliphatic imine (C=N–C) groups is 1. The minimum absolute atomic E-state index is 0.510. The van der Waals surface area contributed by atoms with Crippen molar-refractivity contribution in [1.82, 2.24) is 0 Å². The van der Waals surface area contributed by atoms with Gasteiger partial charge in [0, 0.05) is 6.21 Å². The summed E-state index contributed by atoms with van der Waals surface area (Å²) < 4.78 is 10.9.